The van der Waals surface area contributed by atoms with Gasteiger partial charge in [0.15, 0.2) is 5.78 Å². The van der Waals surface area contributed by atoms with Gasteiger partial charge in [-0.1, -0.05) is 12.1 Å². The highest BCUT2D eigenvalue weighted by Gasteiger charge is 2.29. The van der Waals surface area contributed by atoms with E-state index in [4.69, 9.17) is 10.5 Å². The number of hydrogen-bond donors (Lipinski definition) is 1. The summed E-state index contributed by atoms with van der Waals surface area (Å²) in [6, 6.07) is 11.1. The number of thiophene rings is 1. The maximum absolute atomic E-state index is 13.8. The van der Waals surface area contributed by atoms with Crippen LogP contribution in [0.4, 0.5) is 5.82 Å². The third kappa shape index (κ3) is 4.39. The van der Waals surface area contributed by atoms with E-state index in [0.717, 1.165) is 24.9 Å². The van der Waals surface area contributed by atoms with Crippen molar-refractivity contribution >= 4 is 34.0 Å². The molecule has 4 heterocycles. The molecule has 0 aliphatic carbocycles. The fourth-order valence-corrected chi connectivity index (χ4v) is 5.42. The molecule has 1 fully saturated rings. The molecule has 36 heavy (non-hydrogen) atoms. The summed E-state index contributed by atoms with van der Waals surface area (Å²) >= 11 is 1.57. The van der Waals surface area contributed by atoms with Gasteiger partial charge in [0.2, 0.25) is 0 Å². The number of nitrogens with zero attached hydrogens (tertiary/aromatic N) is 5. The molecule has 9 nitrogen and oxygen atoms in total. The Bertz CT molecular complexity index is 1520. The summed E-state index contributed by atoms with van der Waals surface area (Å²) in [7, 11) is 1.53. The molecule has 0 saturated carbocycles. The van der Waals surface area contributed by atoms with Crippen LogP contribution >= 0.6 is 11.3 Å². The summed E-state index contributed by atoms with van der Waals surface area (Å²) in [6.45, 7) is 1.57. The number of piperidine rings is 1. The Morgan fingerprint density at radius 1 is 1.36 bits per heavy atom. The minimum absolute atomic E-state index is 0.0111. The van der Waals surface area contributed by atoms with Gasteiger partial charge >= 0.3 is 0 Å². The lowest BCUT2D eigenvalue weighted by molar-refractivity contribution is 0.0970. The molecular formula is C26H26N6O3S. The van der Waals surface area contributed by atoms with Crippen molar-refractivity contribution in [3.05, 3.63) is 74.5 Å². The summed E-state index contributed by atoms with van der Waals surface area (Å²) in [5, 5.41) is 14.1. The number of carbonyl (C=O) groups is 1. The highest BCUT2D eigenvalue weighted by atomic mass is 32.1. The van der Waals surface area contributed by atoms with Crippen molar-refractivity contribution in [2.45, 2.75) is 32.0 Å². The Morgan fingerprint density at radius 2 is 2.22 bits per heavy atom. The molecule has 3 aromatic heterocycles. The second-order valence-corrected chi connectivity index (χ2v) is 9.69. The number of carbonyl (C=O) groups excluding carboxylic acids is 1. The number of ketones is 1. The summed E-state index contributed by atoms with van der Waals surface area (Å²) in [5.41, 5.74) is 8.37. The van der Waals surface area contributed by atoms with E-state index < -0.39 is 0 Å². The van der Waals surface area contributed by atoms with Crippen LogP contribution < -0.4 is 20.9 Å². The smallest absolute Gasteiger partial charge is 0.278 e. The molecule has 0 unspecified atom stereocenters. The van der Waals surface area contributed by atoms with E-state index in [2.05, 4.69) is 16.0 Å². The average Bonchev–Trinajstić information content (AvgIpc) is 3.52. The quantitative estimate of drug-likeness (QED) is 0.386. The first-order valence-corrected chi connectivity index (χ1v) is 12.6. The molecule has 2 N–H and O–H groups in total. The van der Waals surface area contributed by atoms with Crippen molar-refractivity contribution in [2.24, 2.45) is 5.73 Å². The van der Waals surface area contributed by atoms with Crippen LogP contribution in [0.25, 0.3) is 11.0 Å². The summed E-state index contributed by atoms with van der Waals surface area (Å²) in [5.74, 6) is 0.987. The van der Waals surface area contributed by atoms with Gasteiger partial charge < -0.3 is 19.9 Å². The van der Waals surface area contributed by atoms with Crippen LogP contribution in [-0.2, 0) is 13.1 Å². The van der Waals surface area contributed by atoms with Crippen molar-refractivity contribution < 1.29 is 9.53 Å². The lowest BCUT2D eigenvalue weighted by atomic mass is 10.1. The normalized spacial score (nSPS) is 15.7. The van der Waals surface area contributed by atoms with E-state index in [-0.39, 0.29) is 23.9 Å². The van der Waals surface area contributed by atoms with Crippen LogP contribution in [0, 0.1) is 11.3 Å². The fourth-order valence-electron chi connectivity index (χ4n) is 4.76. The summed E-state index contributed by atoms with van der Waals surface area (Å²) < 4.78 is 8.39. The second-order valence-electron chi connectivity index (χ2n) is 8.91. The first kappa shape index (κ1) is 23.8. The first-order chi connectivity index (χ1) is 17.5. The highest BCUT2D eigenvalue weighted by molar-refractivity contribution is 7.07. The second kappa shape index (κ2) is 9.97. The summed E-state index contributed by atoms with van der Waals surface area (Å²) in [4.78, 5) is 33.4. The number of fused-ring (bicyclic) bond motifs is 1. The van der Waals surface area contributed by atoms with Crippen LogP contribution in [0.5, 0.6) is 5.75 Å². The molecular weight excluding hydrogens is 476 g/mol. The molecule has 0 bridgehead atoms. The number of methoxy groups -OCH3 is 1. The van der Waals surface area contributed by atoms with Gasteiger partial charge in [-0.15, -0.1) is 0 Å². The third-order valence-electron chi connectivity index (χ3n) is 6.50. The number of Topliss-reactive ketones (excluding diaryl/α,β-unsaturated/α-hetero) is 1. The van der Waals surface area contributed by atoms with E-state index >= 15 is 0 Å². The van der Waals surface area contributed by atoms with Gasteiger partial charge in [0, 0.05) is 24.7 Å². The number of rotatable bonds is 7. The van der Waals surface area contributed by atoms with Crippen LogP contribution in [0.15, 0.2) is 52.2 Å². The number of ether oxygens (including phenoxy) is 1. The molecule has 1 aromatic carbocycles. The van der Waals surface area contributed by atoms with E-state index in [9.17, 15) is 14.9 Å². The van der Waals surface area contributed by atoms with Crippen molar-refractivity contribution in [1.82, 2.24) is 14.1 Å². The summed E-state index contributed by atoms with van der Waals surface area (Å²) in [6.07, 6.45) is 3.17. The monoisotopic (exact) mass is 502 g/mol. The van der Waals surface area contributed by atoms with Crippen molar-refractivity contribution in [1.29, 1.82) is 5.26 Å². The van der Waals surface area contributed by atoms with Gasteiger partial charge in [-0.05, 0) is 47.4 Å². The van der Waals surface area contributed by atoms with Crippen molar-refractivity contribution in [3.8, 4) is 11.8 Å². The van der Waals surface area contributed by atoms with Gasteiger partial charge in [0.1, 0.15) is 34.2 Å². The van der Waals surface area contributed by atoms with E-state index in [1.165, 1.54) is 18.0 Å². The van der Waals surface area contributed by atoms with Crippen LogP contribution in [-0.4, -0.2) is 46.1 Å². The zero-order valence-electron chi connectivity index (χ0n) is 19.9. The lowest BCUT2D eigenvalue weighted by Gasteiger charge is -2.33. The zero-order chi connectivity index (χ0) is 25.2. The number of nitriles is 1. The highest BCUT2D eigenvalue weighted by Crippen LogP contribution is 2.32. The molecule has 1 aliphatic heterocycles. The predicted molar refractivity (Wildman–Crippen MR) is 139 cm³/mol. The van der Waals surface area contributed by atoms with E-state index in [1.807, 2.05) is 21.4 Å². The van der Waals surface area contributed by atoms with Crippen LogP contribution in [0.1, 0.15) is 34.3 Å². The molecule has 1 aliphatic rings. The molecule has 4 aromatic rings. The first-order valence-electron chi connectivity index (χ1n) is 11.7. The third-order valence-corrected chi connectivity index (χ3v) is 7.23. The molecule has 0 amide bonds. The largest absolute Gasteiger partial charge is 0.497 e. The van der Waals surface area contributed by atoms with E-state index in [1.54, 1.807) is 35.6 Å². The van der Waals surface area contributed by atoms with Gasteiger partial charge in [-0.3, -0.25) is 14.2 Å². The van der Waals surface area contributed by atoms with Gasteiger partial charge in [-0.2, -0.15) is 16.6 Å². The number of hydrogen-bond acceptors (Lipinski definition) is 8. The molecule has 10 heteroatoms. The van der Waals surface area contributed by atoms with Crippen molar-refractivity contribution in [3.63, 3.8) is 0 Å². The standard InChI is InChI=1S/C26H26N6O3S/c1-35-20-6-2-4-18(10-20)22(33)14-31-16-29-23-21(11-27)25(30-8-3-5-19(28)13-30)32(24(23)26(31)34)12-17-7-9-36-15-17/h2,4,6-7,9-10,15-16,19H,3,5,8,12-14,28H2,1H3/t19-/m0/s1. The van der Waals surface area contributed by atoms with Gasteiger partial charge in [0.25, 0.3) is 5.56 Å². The molecule has 184 valence electrons. The SMILES string of the molecule is COc1cccc(C(=O)Cn2cnc3c(C#N)c(N4CCC[C@H](N)C4)n(Cc4ccsc4)c3c2=O)c1. The Labute approximate surface area is 212 Å². The van der Waals surface area contributed by atoms with Gasteiger partial charge in [-0.25, -0.2) is 4.98 Å². The van der Waals surface area contributed by atoms with E-state index in [0.29, 0.717) is 46.8 Å². The molecule has 5 rings (SSSR count). The number of benzene rings is 1. The number of aromatic nitrogens is 3. The Hall–Kier alpha value is -3.94. The Morgan fingerprint density at radius 3 is 2.94 bits per heavy atom. The zero-order valence-corrected chi connectivity index (χ0v) is 20.7. The minimum atomic E-state index is -0.365. The molecule has 1 atom stereocenters. The molecule has 0 spiro atoms. The number of nitrogens with two attached hydrogens (primary N) is 1. The molecule has 1 saturated heterocycles. The lowest BCUT2D eigenvalue weighted by Crippen LogP contribution is -2.44. The Balaban J connectivity index is 1.63. The topological polar surface area (TPSA) is 119 Å². The van der Waals surface area contributed by atoms with Gasteiger partial charge in [0.05, 0.1) is 26.5 Å². The minimum Gasteiger partial charge on any atom is -0.497 e. The van der Waals surface area contributed by atoms with Crippen LogP contribution in [0.3, 0.4) is 0 Å². The average molecular weight is 503 g/mol. The van der Waals surface area contributed by atoms with Crippen LogP contribution in [0.2, 0.25) is 0 Å². The fraction of sp³-hybridized carbons (Fsp3) is 0.308. The Kier molecular flexibility index (Phi) is 6.59. The molecule has 0 radical (unpaired) electrons. The number of anilines is 1. The maximum atomic E-state index is 13.8. The predicted octanol–water partition coefficient (Wildman–Crippen LogP) is 3.00. The van der Waals surface area contributed by atoms with Crippen molar-refractivity contribution in [2.75, 3.05) is 25.1 Å². The maximum Gasteiger partial charge on any atom is 0.278 e.